The molecule has 2 N–H and O–H groups in total. The predicted molar refractivity (Wildman–Crippen MR) is 116 cm³/mol. The molecular weight excluding hydrogens is 457 g/mol. The molecule has 2 unspecified atom stereocenters. The zero-order valence-corrected chi connectivity index (χ0v) is 18.4. The summed E-state index contributed by atoms with van der Waals surface area (Å²) in [7, 11) is 1.81. The smallest absolute Gasteiger partial charge is 0.191 e. The maximum absolute atomic E-state index is 6.04. The Labute approximate surface area is 171 Å². The Balaban J connectivity index is 0.00000288. The molecule has 4 nitrogen and oxygen atoms in total. The van der Waals surface area contributed by atoms with Crippen LogP contribution in [0, 0.1) is 0 Å². The summed E-state index contributed by atoms with van der Waals surface area (Å²) >= 11 is 8.01. The quantitative estimate of drug-likeness (QED) is 0.360. The van der Waals surface area contributed by atoms with Gasteiger partial charge >= 0.3 is 0 Å². The molecule has 0 saturated heterocycles. The fourth-order valence-electron chi connectivity index (χ4n) is 2.82. The van der Waals surface area contributed by atoms with E-state index < -0.39 is 0 Å². The number of nitrogens with one attached hydrogen (secondary N) is 2. The highest BCUT2D eigenvalue weighted by atomic mass is 127. The fraction of sp³-hybridized carbons (Fsp3) is 0.588. The summed E-state index contributed by atoms with van der Waals surface area (Å²) in [6, 6.07) is 6.25. The summed E-state index contributed by atoms with van der Waals surface area (Å²) < 4.78 is 5.66. The first-order valence-electron chi connectivity index (χ1n) is 8.07. The van der Waals surface area contributed by atoms with E-state index in [-0.39, 0.29) is 24.0 Å². The summed E-state index contributed by atoms with van der Waals surface area (Å²) in [6.45, 7) is 3.25. The lowest BCUT2D eigenvalue weighted by Crippen LogP contribution is -2.42. The zero-order valence-electron chi connectivity index (χ0n) is 14.5. The highest BCUT2D eigenvalue weighted by Crippen LogP contribution is 2.28. The Morgan fingerprint density at radius 2 is 2.21 bits per heavy atom. The minimum Gasteiger partial charge on any atom is -0.493 e. The van der Waals surface area contributed by atoms with Gasteiger partial charge in [0, 0.05) is 35.5 Å². The number of guanidine groups is 1. The Kier molecular flexibility index (Phi) is 10.2. The molecule has 2 rings (SSSR count). The van der Waals surface area contributed by atoms with Gasteiger partial charge in [-0.1, -0.05) is 17.7 Å². The first-order chi connectivity index (χ1) is 11.2. The van der Waals surface area contributed by atoms with E-state index in [0.29, 0.717) is 24.2 Å². The van der Waals surface area contributed by atoms with E-state index in [1.165, 1.54) is 19.3 Å². The Morgan fingerprint density at radius 3 is 2.83 bits per heavy atom. The number of thioether (sulfide) groups is 1. The van der Waals surface area contributed by atoms with E-state index >= 15 is 0 Å². The lowest BCUT2D eigenvalue weighted by molar-refractivity contribution is 0.336. The molecule has 1 aliphatic rings. The maximum atomic E-state index is 6.04. The topological polar surface area (TPSA) is 45.6 Å². The van der Waals surface area contributed by atoms with Crippen LogP contribution in [0.1, 0.15) is 31.7 Å². The second-order valence-electron chi connectivity index (χ2n) is 5.62. The van der Waals surface area contributed by atoms with Crippen LogP contribution in [0.25, 0.3) is 0 Å². The summed E-state index contributed by atoms with van der Waals surface area (Å²) in [5.41, 5.74) is 1.08. The van der Waals surface area contributed by atoms with Crippen LogP contribution in [-0.4, -0.2) is 37.2 Å². The third kappa shape index (κ3) is 6.52. The molecule has 0 bridgehead atoms. The van der Waals surface area contributed by atoms with Gasteiger partial charge in [-0.15, -0.1) is 24.0 Å². The molecule has 0 heterocycles. The van der Waals surface area contributed by atoms with Gasteiger partial charge in [0.25, 0.3) is 0 Å². The van der Waals surface area contributed by atoms with Gasteiger partial charge in [0.05, 0.1) is 6.61 Å². The molecule has 136 valence electrons. The summed E-state index contributed by atoms with van der Waals surface area (Å²) in [4.78, 5) is 4.33. The van der Waals surface area contributed by atoms with Gasteiger partial charge in [-0.2, -0.15) is 11.8 Å². The van der Waals surface area contributed by atoms with E-state index in [1.807, 2.05) is 43.9 Å². The van der Waals surface area contributed by atoms with Crippen LogP contribution < -0.4 is 15.4 Å². The third-order valence-corrected chi connectivity index (χ3v) is 5.39. The van der Waals surface area contributed by atoms with Crippen LogP contribution in [0.15, 0.2) is 23.2 Å². The minimum atomic E-state index is 0. The number of aliphatic imine (C=N–C) groups is 1. The highest BCUT2D eigenvalue weighted by Gasteiger charge is 2.24. The summed E-state index contributed by atoms with van der Waals surface area (Å²) in [6.07, 6.45) is 5.88. The first-order valence-corrected chi connectivity index (χ1v) is 9.74. The predicted octanol–water partition coefficient (Wildman–Crippen LogP) is 4.31. The SMILES string of the molecule is CCOc1cc(Cl)ccc1CNC(=NC)NC1CCC(SC)C1.I. The molecule has 0 spiro atoms. The average Bonchev–Trinajstić information content (AvgIpc) is 3.00. The molecule has 1 fully saturated rings. The van der Waals surface area contributed by atoms with Crippen LogP contribution in [0.3, 0.4) is 0 Å². The molecule has 24 heavy (non-hydrogen) atoms. The molecule has 0 radical (unpaired) electrons. The third-order valence-electron chi connectivity index (χ3n) is 4.06. The van der Waals surface area contributed by atoms with Crippen molar-refractivity contribution in [2.75, 3.05) is 19.9 Å². The molecule has 1 aromatic rings. The van der Waals surface area contributed by atoms with Gasteiger partial charge in [0.15, 0.2) is 5.96 Å². The Bertz CT molecular complexity index is 545. The largest absolute Gasteiger partial charge is 0.493 e. The van der Waals surface area contributed by atoms with Gasteiger partial charge in [0.2, 0.25) is 0 Å². The van der Waals surface area contributed by atoms with Crippen molar-refractivity contribution in [2.45, 2.75) is 44.0 Å². The second kappa shape index (κ2) is 11.3. The highest BCUT2D eigenvalue weighted by molar-refractivity contribution is 14.0. The number of hydrogen-bond acceptors (Lipinski definition) is 3. The molecule has 0 aliphatic heterocycles. The van der Waals surface area contributed by atoms with Crippen LogP contribution in [-0.2, 0) is 6.54 Å². The van der Waals surface area contributed by atoms with Gasteiger partial charge < -0.3 is 15.4 Å². The van der Waals surface area contributed by atoms with Gasteiger partial charge in [-0.3, -0.25) is 4.99 Å². The fourth-order valence-corrected chi connectivity index (χ4v) is 3.78. The van der Waals surface area contributed by atoms with Gasteiger partial charge in [-0.05, 0) is 44.6 Å². The molecule has 1 aliphatic carbocycles. The summed E-state index contributed by atoms with van der Waals surface area (Å²) in [5, 5.41) is 8.35. The lowest BCUT2D eigenvalue weighted by atomic mass is 10.2. The van der Waals surface area contributed by atoms with Crippen LogP contribution in [0.4, 0.5) is 0 Å². The van der Waals surface area contributed by atoms with Crippen molar-refractivity contribution in [2.24, 2.45) is 4.99 Å². The maximum Gasteiger partial charge on any atom is 0.191 e. The zero-order chi connectivity index (χ0) is 16.7. The molecular formula is C17H27ClIN3OS. The number of hydrogen-bond donors (Lipinski definition) is 2. The lowest BCUT2D eigenvalue weighted by Gasteiger charge is -2.18. The van der Waals surface area contributed by atoms with E-state index in [9.17, 15) is 0 Å². The van der Waals surface area contributed by atoms with Crippen LogP contribution >= 0.6 is 47.3 Å². The summed E-state index contributed by atoms with van der Waals surface area (Å²) in [5.74, 6) is 1.67. The second-order valence-corrected chi connectivity index (χ2v) is 7.20. The number of rotatable bonds is 6. The molecule has 2 atom stereocenters. The van der Waals surface area contributed by atoms with E-state index in [0.717, 1.165) is 22.5 Å². The Morgan fingerprint density at radius 1 is 1.42 bits per heavy atom. The average molecular weight is 484 g/mol. The normalized spacial score (nSPS) is 20.4. The van der Waals surface area contributed by atoms with Crippen molar-refractivity contribution in [3.05, 3.63) is 28.8 Å². The number of halogens is 2. The monoisotopic (exact) mass is 483 g/mol. The minimum absolute atomic E-state index is 0. The standard InChI is InChI=1S/C17H26ClN3OS.HI/c1-4-22-16-9-13(18)6-5-12(16)11-20-17(19-2)21-14-7-8-15(10-14)23-3;/h5-6,9,14-15H,4,7-8,10-11H2,1-3H3,(H2,19,20,21);1H. The van der Waals surface area contributed by atoms with Gasteiger partial charge in [-0.25, -0.2) is 0 Å². The van der Waals surface area contributed by atoms with E-state index in [4.69, 9.17) is 16.3 Å². The van der Waals surface area contributed by atoms with Crippen molar-refractivity contribution in [1.29, 1.82) is 0 Å². The van der Waals surface area contributed by atoms with Crippen LogP contribution in [0.5, 0.6) is 5.75 Å². The van der Waals surface area contributed by atoms with Gasteiger partial charge in [0.1, 0.15) is 5.75 Å². The molecule has 7 heteroatoms. The Hall–Kier alpha value is -0.340. The number of ether oxygens (including phenoxy) is 1. The molecule has 1 saturated carbocycles. The van der Waals surface area contributed by atoms with Crippen LogP contribution in [0.2, 0.25) is 5.02 Å². The van der Waals surface area contributed by atoms with Crippen molar-refractivity contribution in [1.82, 2.24) is 10.6 Å². The first kappa shape index (κ1) is 21.7. The van der Waals surface area contributed by atoms with E-state index in [1.54, 1.807) is 0 Å². The number of nitrogens with zero attached hydrogens (tertiary/aromatic N) is 1. The molecule has 1 aromatic carbocycles. The number of benzene rings is 1. The van der Waals surface area contributed by atoms with Crippen molar-refractivity contribution in [3.8, 4) is 5.75 Å². The molecule has 0 aromatic heterocycles. The van der Waals surface area contributed by atoms with Crippen molar-refractivity contribution >= 4 is 53.3 Å². The van der Waals surface area contributed by atoms with E-state index in [2.05, 4.69) is 21.9 Å². The van der Waals surface area contributed by atoms with Crippen molar-refractivity contribution < 1.29 is 4.74 Å². The van der Waals surface area contributed by atoms with Crippen molar-refractivity contribution in [3.63, 3.8) is 0 Å². The molecule has 0 amide bonds.